The Hall–Kier alpha value is -3.63. The third-order valence-corrected chi connectivity index (χ3v) is 6.34. The highest BCUT2D eigenvalue weighted by molar-refractivity contribution is 5.77. The lowest BCUT2D eigenvalue weighted by molar-refractivity contribution is -0.162. The van der Waals surface area contributed by atoms with Crippen molar-refractivity contribution in [3.05, 3.63) is 107 Å². The molecule has 1 saturated carbocycles. The first kappa shape index (κ1) is 26.4. The van der Waals surface area contributed by atoms with Gasteiger partial charge in [0.1, 0.15) is 17.2 Å². The van der Waals surface area contributed by atoms with Crippen LogP contribution in [0.1, 0.15) is 35.1 Å². The maximum absolute atomic E-state index is 14.5. The van der Waals surface area contributed by atoms with Crippen molar-refractivity contribution in [1.82, 2.24) is 10.6 Å². The fourth-order valence-corrected chi connectivity index (χ4v) is 4.24. The van der Waals surface area contributed by atoms with Crippen molar-refractivity contribution in [2.24, 2.45) is 0 Å². The van der Waals surface area contributed by atoms with E-state index in [0.29, 0.717) is 11.6 Å². The van der Waals surface area contributed by atoms with Gasteiger partial charge in [-0.25, -0.2) is 13.6 Å². The second-order valence-electron chi connectivity index (χ2n) is 8.96. The van der Waals surface area contributed by atoms with Gasteiger partial charge in [-0.1, -0.05) is 42.5 Å². The van der Waals surface area contributed by atoms with Crippen LogP contribution in [0.25, 0.3) is 0 Å². The van der Waals surface area contributed by atoms with E-state index < -0.39 is 46.7 Å². The van der Waals surface area contributed by atoms with E-state index >= 15 is 0 Å². The maximum Gasteiger partial charge on any atom is 0.416 e. The molecular formula is C26H20F8N2O. The Morgan fingerprint density at radius 2 is 1.35 bits per heavy atom. The lowest BCUT2D eigenvalue weighted by Gasteiger charge is -2.37. The summed E-state index contributed by atoms with van der Waals surface area (Å²) in [7, 11) is 0. The number of nitrogens with one attached hydrogen (secondary N) is 2. The molecule has 196 valence electrons. The minimum atomic E-state index is -4.96. The molecule has 37 heavy (non-hydrogen) atoms. The molecule has 11 heteroatoms. The molecule has 1 atom stereocenters. The molecule has 0 spiro atoms. The summed E-state index contributed by atoms with van der Waals surface area (Å²) in [4.78, 5) is 13.0. The predicted molar refractivity (Wildman–Crippen MR) is 118 cm³/mol. The molecule has 0 saturated heterocycles. The van der Waals surface area contributed by atoms with Crippen molar-refractivity contribution >= 4 is 6.03 Å². The zero-order valence-corrected chi connectivity index (χ0v) is 19.0. The van der Waals surface area contributed by atoms with Crippen LogP contribution in [0, 0.1) is 11.6 Å². The van der Waals surface area contributed by atoms with Gasteiger partial charge in [0.25, 0.3) is 0 Å². The molecular weight excluding hydrogens is 508 g/mol. The summed E-state index contributed by atoms with van der Waals surface area (Å²) in [5.74, 6) is -1.98. The smallest absolute Gasteiger partial charge is 0.324 e. The van der Waals surface area contributed by atoms with E-state index in [2.05, 4.69) is 5.32 Å². The average Bonchev–Trinajstić information content (AvgIpc) is 3.59. The lowest BCUT2D eigenvalue weighted by Crippen LogP contribution is -2.57. The van der Waals surface area contributed by atoms with Crippen LogP contribution in [0.2, 0.25) is 0 Å². The molecule has 3 aromatic rings. The highest BCUT2D eigenvalue weighted by Crippen LogP contribution is 2.49. The fourth-order valence-electron chi connectivity index (χ4n) is 4.24. The van der Waals surface area contributed by atoms with E-state index in [1.54, 1.807) is 30.3 Å². The van der Waals surface area contributed by atoms with Gasteiger partial charge in [0, 0.05) is 6.42 Å². The molecule has 2 amide bonds. The second kappa shape index (κ2) is 9.35. The van der Waals surface area contributed by atoms with Crippen LogP contribution in [0.4, 0.5) is 39.9 Å². The predicted octanol–water partition coefficient (Wildman–Crippen LogP) is 6.86. The van der Waals surface area contributed by atoms with Crippen molar-refractivity contribution in [1.29, 1.82) is 0 Å². The standard InChI is InChI=1S/C26H20F8N2O/c27-20-8-6-17(7-9-20)24(15-16-4-2-1-3-5-16,18-12-19(25(29,30)31)14-21(28)13-18)36-22(37)35-23(10-11-23)26(32,33)34/h1-9,12-14H,10-11,15H2,(H2,35,36,37). The van der Waals surface area contributed by atoms with Crippen LogP contribution in [0.3, 0.4) is 0 Å². The van der Waals surface area contributed by atoms with E-state index in [4.69, 9.17) is 0 Å². The van der Waals surface area contributed by atoms with E-state index in [-0.39, 0.29) is 36.5 Å². The summed E-state index contributed by atoms with van der Waals surface area (Å²) < 4.78 is 110. The molecule has 3 nitrogen and oxygen atoms in total. The van der Waals surface area contributed by atoms with Crippen molar-refractivity contribution in [3.8, 4) is 0 Å². The molecule has 1 aliphatic rings. The number of hydrogen-bond donors (Lipinski definition) is 2. The van der Waals surface area contributed by atoms with Crippen molar-refractivity contribution < 1.29 is 39.9 Å². The number of alkyl halides is 6. The van der Waals surface area contributed by atoms with Gasteiger partial charge in [-0.05, 0) is 59.9 Å². The van der Waals surface area contributed by atoms with Gasteiger partial charge in [-0.2, -0.15) is 26.3 Å². The molecule has 3 aromatic carbocycles. The minimum absolute atomic E-state index is 0.0310. The van der Waals surface area contributed by atoms with Gasteiger partial charge in [0.15, 0.2) is 0 Å². The summed E-state index contributed by atoms with van der Waals surface area (Å²) in [5.41, 5.74) is -5.74. The number of halogens is 8. The molecule has 1 unspecified atom stereocenters. The monoisotopic (exact) mass is 528 g/mol. The molecule has 0 radical (unpaired) electrons. The third-order valence-electron chi connectivity index (χ3n) is 6.34. The Morgan fingerprint density at radius 1 is 0.757 bits per heavy atom. The number of carbonyl (C=O) groups excluding carboxylic acids is 1. The quantitative estimate of drug-likeness (QED) is 0.337. The van der Waals surface area contributed by atoms with E-state index in [9.17, 15) is 39.9 Å². The first-order chi connectivity index (χ1) is 17.2. The summed E-state index contributed by atoms with van der Waals surface area (Å²) in [6, 6.07) is 12.7. The van der Waals surface area contributed by atoms with Gasteiger partial charge in [-0.15, -0.1) is 0 Å². The van der Waals surface area contributed by atoms with Crippen LogP contribution in [0.5, 0.6) is 0 Å². The molecule has 1 fully saturated rings. The molecule has 0 bridgehead atoms. The average molecular weight is 528 g/mol. The first-order valence-electron chi connectivity index (χ1n) is 11.1. The maximum atomic E-state index is 14.5. The Kier molecular flexibility index (Phi) is 6.68. The van der Waals surface area contributed by atoms with Crippen LogP contribution in [-0.4, -0.2) is 17.7 Å². The largest absolute Gasteiger partial charge is 0.416 e. The van der Waals surface area contributed by atoms with Gasteiger partial charge in [0.05, 0.1) is 11.1 Å². The Balaban J connectivity index is 1.90. The zero-order chi connectivity index (χ0) is 27.1. The third kappa shape index (κ3) is 5.55. The Bertz CT molecular complexity index is 1270. The normalized spacial score (nSPS) is 16.5. The van der Waals surface area contributed by atoms with E-state index in [1.165, 1.54) is 12.1 Å². The molecule has 4 rings (SSSR count). The molecule has 2 N–H and O–H groups in total. The van der Waals surface area contributed by atoms with Gasteiger partial charge < -0.3 is 10.6 Å². The number of carbonyl (C=O) groups is 1. The van der Waals surface area contributed by atoms with Gasteiger partial charge >= 0.3 is 18.4 Å². The summed E-state index contributed by atoms with van der Waals surface area (Å²) in [5, 5.41) is 4.29. The minimum Gasteiger partial charge on any atom is -0.324 e. The first-order valence-corrected chi connectivity index (χ1v) is 11.1. The van der Waals surface area contributed by atoms with E-state index in [1.807, 2.05) is 5.32 Å². The Morgan fingerprint density at radius 3 is 1.89 bits per heavy atom. The lowest BCUT2D eigenvalue weighted by atomic mass is 9.77. The van der Waals surface area contributed by atoms with Crippen LogP contribution in [0.15, 0.2) is 72.8 Å². The second-order valence-corrected chi connectivity index (χ2v) is 8.96. The summed E-state index contributed by atoms with van der Waals surface area (Å²) in [6.07, 6.45) is -10.7. The fraction of sp³-hybridized carbons (Fsp3) is 0.269. The van der Waals surface area contributed by atoms with Crippen LogP contribution >= 0.6 is 0 Å². The van der Waals surface area contributed by atoms with Crippen LogP contribution < -0.4 is 10.6 Å². The van der Waals surface area contributed by atoms with Crippen molar-refractivity contribution in [3.63, 3.8) is 0 Å². The molecule has 0 aromatic heterocycles. The van der Waals surface area contributed by atoms with E-state index in [0.717, 1.165) is 18.2 Å². The van der Waals surface area contributed by atoms with Gasteiger partial charge in [0.2, 0.25) is 0 Å². The number of rotatable bonds is 6. The molecule has 1 aliphatic carbocycles. The SMILES string of the molecule is O=C(NC(Cc1ccccc1)(c1ccc(F)cc1)c1cc(F)cc(C(F)(F)F)c1)NC1(C(F)(F)F)CC1. The van der Waals surface area contributed by atoms with Crippen molar-refractivity contribution in [2.45, 2.75) is 42.7 Å². The summed E-state index contributed by atoms with van der Waals surface area (Å²) in [6.45, 7) is 0. The zero-order valence-electron chi connectivity index (χ0n) is 19.0. The van der Waals surface area contributed by atoms with Gasteiger partial charge in [-0.3, -0.25) is 0 Å². The Labute approximate surface area is 206 Å². The summed E-state index contributed by atoms with van der Waals surface area (Å²) >= 11 is 0. The topological polar surface area (TPSA) is 41.1 Å². The number of hydrogen-bond acceptors (Lipinski definition) is 1. The van der Waals surface area contributed by atoms with Crippen LogP contribution in [-0.2, 0) is 18.1 Å². The number of benzene rings is 3. The number of urea groups is 1. The molecule has 0 aliphatic heterocycles. The van der Waals surface area contributed by atoms with Crippen molar-refractivity contribution in [2.75, 3.05) is 0 Å². The number of amides is 2. The molecule has 0 heterocycles. The highest BCUT2D eigenvalue weighted by Gasteiger charge is 2.64. The highest BCUT2D eigenvalue weighted by atomic mass is 19.4.